The molecule has 0 spiro atoms. The van der Waals surface area contributed by atoms with E-state index in [0.717, 1.165) is 64.2 Å². The first-order chi connectivity index (χ1) is 24.1. The molecule has 49 heavy (non-hydrogen) atoms. The van der Waals surface area contributed by atoms with E-state index >= 15 is 0 Å². The first kappa shape index (κ1) is 47.9. The summed E-state index contributed by atoms with van der Waals surface area (Å²) >= 11 is 0. The molecule has 0 amide bonds. The lowest BCUT2D eigenvalue weighted by molar-refractivity contribution is -0.150. The normalized spacial score (nSPS) is 12.1. The molecule has 0 aliphatic carbocycles. The molecule has 0 bridgehead atoms. The second-order valence-corrected chi connectivity index (χ2v) is 15.2. The Morgan fingerprint density at radius 2 is 0.796 bits per heavy atom. The van der Waals surface area contributed by atoms with Gasteiger partial charge in [0.1, 0.15) is 6.10 Å². The standard InChI is InChI=1S/C44H86O5/c1-4-7-10-13-16-17-23-31-40-48-43(46)36-30-24-26-33-41(38-39-45)32-25-19-18-22-29-37-44(47)49-42(34-27-20-14-11-8-5-2)35-28-21-15-12-9-6-3/h41-42,45H,4-40H2,1-3H3. The molecule has 5 heteroatoms. The Morgan fingerprint density at radius 1 is 0.429 bits per heavy atom. The van der Waals surface area contributed by atoms with Crippen molar-refractivity contribution in [3.05, 3.63) is 0 Å². The number of esters is 2. The molecule has 0 saturated carbocycles. The molecule has 0 aromatic carbocycles. The molecule has 0 heterocycles. The van der Waals surface area contributed by atoms with Gasteiger partial charge in [0.2, 0.25) is 0 Å². The van der Waals surface area contributed by atoms with Crippen LogP contribution in [0.15, 0.2) is 0 Å². The smallest absolute Gasteiger partial charge is 0.306 e. The van der Waals surface area contributed by atoms with Crippen LogP contribution >= 0.6 is 0 Å². The summed E-state index contributed by atoms with van der Waals surface area (Å²) in [6, 6.07) is 0. The first-order valence-electron chi connectivity index (χ1n) is 22.0. The third-order valence-electron chi connectivity index (χ3n) is 10.3. The van der Waals surface area contributed by atoms with Crippen molar-refractivity contribution in [1.82, 2.24) is 0 Å². The van der Waals surface area contributed by atoms with Crippen LogP contribution in [0, 0.1) is 5.92 Å². The molecule has 1 unspecified atom stereocenters. The highest BCUT2D eigenvalue weighted by molar-refractivity contribution is 5.69. The van der Waals surface area contributed by atoms with Gasteiger partial charge < -0.3 is 14.6 Å². The Labute approximate surface area is 306 Å². The van der Waals surface area contributed by atoms with E-state index in [0.29, 0.717) is 25.4 Å². The summed E-state index contributed by atoms with van der Waals surface area (Å²) < 4.78 is 11.4. The van der Waals surface area contributed by atoms with Gasteiger partial charge in [-0.1, -0.05) is 181 Å². The van der Waals surface area contributed by atoms with Gasteiger partial charge >= 0.3 is 11.9 Å². The van der Waals surface area contributed by atoms with Crippen molar-refractivity contribution in [2.45, 2.75) is 252 Å². The lowest BCUT2D eigenvalue weighted by Gasteiger charge is -2.18. The van der Waals surface area contributed by atoms with Gasteiger partial charge in [-0.15, -0.1) is 0 Å². The predicted octanol–water partition coefficient (Wildman–Crippen LogP) is 13.8. The van der Waals surface area contributed by atoms with Crippen molar-refractivity contribution in [2.75, 3.05) is 13.2 Å². The Hall–Kier alpha value is -1.10. The fraction of sp³-hybridized carbons (Fsp3) is 0.955. The zero-order valence-corrected chi connectivity index (χ0v) is 33.4. The van der Waals surface area contributed by atoms with Gasteiger partial charge in [0.05, 0.1) is 6.61 Å². The number of aliphatic hydroxyl groups is 1. The van der Waals surface area contributed by atoms with Gasteiger partial charge in [-0.3, -0.25) is 9.59 Å². The molecular weight excluding hydrogens is 608 g/mol. The molecule has 0 aliphatic heterocycles. The largest absolute Gasteiger partial charge is 0.466 e. The fourth-order valence-corrected chi connectivity index (χ4v) is 7.03. The number of hydrogen-bond donors (Lipinski definition) is 1. The second kappa shape index (κ2) is 39.7. The van der Waals surface area contributed by atoms with E-state index in [1.54, 1.807) is 0 Å². The molecule has 0 aliphatic rings. The summed E-state index contributed by atoms with van der Waals surface area (Å²) in [5.41, 5.74) is 0. The number of aliphatic hydroxyl groups excluding tert-OH is 1. The van der Waals surface area contributed by atoms with Gasteiger partial charge in [-0.2, -0.15) is 0 Å². The van der Waals surface area contributed by atoms with Crippen LogP contribution in [0.25, 0.3) is 0 Å². The van der Waals surface area contributed by atoms with E-state index in [2.05, 4.69) is 20.8 Å². The highest BCUT2D eigenvalue weighted by atomic mass is 16.5. The maximum Gasteiger partial charge on any atom is 0.306 e. The van der Waals surface area contributed by atoms with Gasteiger partial charge in [0.25, 0.3) is 0 Å². The van der Waals surface area contributed by atoms with Gasteiger partial charge in [0.15, 0.2) is 0 Å². The molecule has 0 aromatic heterocycles. The zero-order chi connectivity index (χ0) is 35.9. The van der Waals surface area contributed by atoms with Crippen molar-refractivity contribution >= 4 is 11.9 Å². The van der Waals surface area contributed by atoms with Crippen molar-refractivity contribution in [3.8, 4) is 0 Å². The Kier molecular flexibility index (Phi) is 38.8. The van der Waals surface area contributed by atoms with Crippen LogP contribution in [-0.4, -0.2) is 36.4 Å². The molecule has 1 atom stereocenters. The third kappa shape index (κ3) is 36.5. The number of rotatable bonds is 40. The van der Waals surface area contributed by atoms with Crippen LogP contribution in [0.5, 0.6) is 0 Å². The molecule has 0 rings (SSSR count). The molecule has 0 radical (unpaired) electrons. The van der Waals surface area contributed by atoms with Gasteiger partial charge in [0, 0.05) is 19.4 Å². The summed E-state index contributed by atoms with van der Waals surface area (Å²) in [5.74, 6) is 0.551. The predicted molar refractivity (Wildman–Crippen MR) is 210 cm³/mol. The lowest BCUT2D eigenvalue weighted by atomic mass is 9.92. The van der Waals surface area contributed by atoms with Crippen LogP contribution in [-0.2, 0) is 19.1 Å². The topological polar surface area (TPSA) is 72.8 Å². The summed E-state index contributed by atoms with van der Waals surface area (Å²) in [6.45, 7) is 7.61. The van der Waals surface area contributed by atoms with E-state index < -0.39 is 0 Å². The zero-order valence-electron chi connectivity index (χ0n) is 33.4. The number of carbonyl (C=O) groups excluding carboxylic acids is 2. The highest BCUT2D eigenvalue weighted by Gasteiger charge is 2.14. The van der Waals surface area contributed by atoms with Crippen molar-refractivity contribution in [2.24, 2.45) is 5.92 Å². The molecule has 1 N–H and O–H groups in total. The van der Waals surface area contributed by atoms with E-state index in [1.807, 2.05) is 0 Å². The third-order valence-corrected chi connectivity index (χ3v) is 10.3. The van der Waals surface area contributed by atoms with E-state index in [4.69, 9.17) is 9.47 Å². The van der Waals surface area contributed by atoms with E-state index in [1.165, 1.54) is 148 Å². The monoisotopic (exact) mass is 695 g/mol. The quantitative estimate of drug-likeness (QED) is 0.0510. The molecule has 0 aromatic rings. The summed E-state index contributed by atoms with van der Waals surface area (Å²) in [7, 11) is 0. The molecule has 5 nitrogen and oxygen atoms in total. The molecular formula is C44H86O5. The van der Waals surface area contributed by atoms with Crippen molar-refractivity contribution < 1.29 is 24.2 Å². The Bertz CT molecular complexity index is 664. The van der Waals surface area contributed by atoms with Crippen molar-refractivity contribution in [3.63, 3.8) is 0 Å². The molecule has 0 saturated heterocycles. The Morgan fingerprint density at radius 3 is 1.27 bits per heavy atom. The van der Waals surface area contributed by atoms with Crippen LogP contribution < -0.4 is 0 Å². The minimum atomic E-state index is -0.0377. The summed E-state index contributed by atoms with van der Waals surface area (Å²) in [5, 5.41) is 9.56. The summed E-state index contributed by atoms with van der Waals surface area (Å²) in [4.78, 5) is 24.7. The first-order valence-corrected chi connectivity index (χ1v) is 22.0. The average molecular weight is 695 g/mol. The number of ether oxygens (including phenoxy) is 2. The highest BCUT2D eigenvalue weighted by Crippen LogP contribution is 2.22. The SMILES string of the molecule is CCCCCCCCCCOC(=O)CCCCCC(CCO)CCCCCCCC(=O)OC(CCCCCCCC)CCCCCCCC. The number of carbonyl (C=O) groups is 2. The van der Waals surface area contributed by atoms with Crippen LogP contribution in [0.2, 0.25) is 0 Å². The molecule has 0 fully saturated rings. The maximum absolute atomic E-state index is 12.7. The molecule has 292 valence electrons. The van der Waals surface area contributed by atoms with E-state index in [9.17, 15) is 14.7 Å². The number of hydrogen-bond acceptors (Lipinski definition) is 5. The minimum Gasteiger partial charge on any atom is -0.466 e. The average Bonchev–Trinajstić information content (AvgIpc) is 3.09. The van der Waals surface area contributed by atoms with Crippen LogP contribution in [0.1, 0.15) is 245 Å². The summed E-state index contributed by atoms with van der Waals surface area (Å²) in [6.07, 6.45) is 40.6. The minimum absolute atomic E-state index is 0.0155. The van der Waals surface area contributed by atoms with Gasteiger partial charge in [-0.25, -0.2) is 0 Å². The van der Waals surface area contributed by atoms with Crippen molar-refractivity contribution in [1.29, 1.82) is 0 Å². The second-order valence-electron chi connectivity index (χ2n) is 15.2. The maximum atomic E-state index is 12.7. The van der Waals surface area contributed by atoms with E-state index in [-0.39, 0.29) is 24.6 Å². The lowest BCUT2D eigenvalue weighted by Crippen LogP contribution is -2.18. The fourth-order valence-electron chi connectivity index (χ4n) is 7.03. The van der Waals surface area contributed by atoms with Crippen LogP contribution in [0.4, 0.5) is 0 Å². The number of unbranched alkanes of at least 4 members (excludes halogenated alkanes) is 23. The van der Waals surface area contributed by atoms with Crippen LogP contribution in [0.3, 0.4) is 0 Å². The van der Waals surface area contributed by atoms with Gasteiger partial charge in [-0.05, 0) is 57.3 Å². The Balaban J connectivity index is 3.97.